The van der Waals surface area contributed by atoms with E-state index in [2.05, 4.69) is 34.2 Å². The molecule has 2 aliphatic rings. The van der Waals surface area contributed by atoms with Gasteiger partial charge in [-0.3, -0.25) is 9.67 Å². The highest BCUT2D eigenvalue weighted by molar-refractivity contribution is 5.77. The molecule has 2 fully saturated rings. The van der Waals surface area contributed by atoms with Crippen molar-refractivity contribution in [3.63, 3.8) is 0 Å². The molecule has 2 saturated heterocycles. The maximum Gasteiger partial charge on any atom is 0.410 e. The third-order valence-corrected chi connectivity index (χ3v) is 7.48. The monoisotopic (exact) mass is 499 g/mol. The van der Waals surface area contributed by atoms with Gasteiger partial charge in [-0.15, -0.1) is 0 Å². The van der Waals surface area contributed by atoms with Crippen LogP contribution in [0, 0.1) is 6.92 Å². The first-order chi connectivity index (χ1) is 17.7. The summed E-state index contributed by atoms with van der Waals surface area (Å²) < 4.78 is 9.39. The Bertz CT molecular complexity index is 1450. The molecule has 1 amide bonds. The standard InChI is InChI=1S/C28H33N7O2/c1-17-12-25(19-13-20-7-8-21(14-19)34(20)27(36)37-28(2,3)4)31-26-22(16-30-35(17)26)18-6-9-23(29-15-18)24-10-11-33(5)32-24/h6,9-12,15-16,19-21H,7-8,13-14H2,1-5H3/t19?,20-,21+. The van der Waals surface area contributed by atoms with Crippen LogP contribution in [-0.2, 0) is 11.8 Å². The number of piperidine rings is 1. The van der Waals surface area contributed by atoms with Crippen LogP contribution in [0.15, 0.2) is 42.9 Å². The van der Waals surface area contributed by atoms with Crippen molar-refractivity contribution >= 4 is 11.7 Å². The second kappa shape index (κ2) is 8.68. The first-order valence-corrected chi connectivity index (χ1v) is 13.0. The number of amides is 1. The van der Waals surface area contributed by atoms with Gasteiger partial charge in [-0.05, 0) is 71.6 Å². The van der Waals surface area contributed by atoms with Gasteiger partial charge in [-0.25, -0.2) is 14.3 Å². The fraction of sp³-hybridized carbons (Fsp3) is 0.464. The van der Waals surface area contributed by atoms with Gasteiger partial charge in [0.15, 0.2) is 5.65 Å². The molecular formula is C28H33N7O2. The van der Waals surface area contributed by atoms with Gasteiger partial charge >= 0.3 is 6.09 Å². The van der Waals surface area contributed by atoms with Crippen molar-refractivity contribution in [2.75, 3.05) is 0 Å². The number of hydrogen-bond acceptors (Lipinski definition) is 6. The molecule has 9 nitrogen and oxygen atoms in total. The van der Waals surface area contributed by atoms with E-state index in [0.29, 0.717) is 5.92 Å². The highest BCUT2D eigenvalue weighted by Crippen LogP contribution is 2.43. The zero-order valence-corrected chi connectivity index (χ0v) is 22.0. The molecule has 2 aliphatic heterocycles. The van der Waals surface area contributed by atoms with Crippen molar-refractivity contribution in [2.24, 2.45) is 7.05 Å². The molecule has 0 aromatic carbocycles. The lowest BCUT2D eigenvalue weighted by Gasteiger charge is -2.39. The van der Waals surface area contributed by atoms with Gasteiger partial charge in [-0.2, -0.15) is 10.2 Å². The molecule has 192 valence electrons. The highest BCUT2D eigenvalue weighted by atomic mass is 16.6. The zero-order valence-electron chi connectivity index (χ0n) is 22.0. The van der Waals surface area contributed by atoms with E-state index in [4.69, 9.17) is 9.72 Å². The van der Waals surface area contributed by atoms with Crippen molar-refractivity contribution in [1.82, 2.24) is 34.3 Å². The maximum absolute atomic E-state index is 12.9. The number of rotatable bonds is 3. The van der Waals surface area contributed by atoms with Crippen LogP contribution in [0.2, 0.25) is 0 Å². The zero-order chi connectivity index (χ0) is 25.9. The summed E-state index contributed by atoms with van der Waals surface area (Å²) in [6.07, 6.45) is 9.31. The van der Waals surface area contributed by atoms with Gasteiger partial charge in [0.05, 0.1) is 11.9 Å². The Morgan fingerprint density at radius 2 is 1.81 bits per heavy atom. The topological polar surface area (TPSA) is 90.4 Å². The summed E-state index contributed by atoms with van der Waals surface area (Å²) in [7, 11) is 1.90. The number of hydrogen-bond donors (Lipinski definition) is 0. The van der Waals surface area contributed by atoms with Crippen molar-refractivity contribution in [3.8, 4) is 22.5 Å². The van der Waals surface area contributed by atoms with Gasteiger partial charge in [0, 0.05) is 60.0 Å². The molecule has 1 unspecified atom stereocenters. The Morgan fingerprint density at radius 3 is 2.43 bits per heavy atom. The minimum Gasteiger partial charge on any atom is -0.444 e. The summed E-state index contributed by atoms with van der Waals surface area (Å²) in [6.45, 7) is 7.84. The average Bonchev–Trinajstić information content (AvgIpc) is 3.54. The summed E-state index contributed by atoms with van der Waals surface area (Å²) in [5.74, 6) is 0.298. The minimum absolute atomic E-state index is 0.183. The number of pyridine rings is 1. The number of ether oxygens (including phenoxy) is 1. The van der Waals surface area contributed by atoms with E-state index in [0.717, 1.165) is 65.2 Å². The number of fused-ring (bicyclic) bond motifs is 3. The second-order valence-electron chi connectivity index (χ2n) is 11.4. The van der Waals surface area contributed by atoms with Crippen molar-refractivity contribution in [1.29, 1.82) is 0 Å². The average molecular weight is 500 g/mol. The van der Waals surface area contributed by atoms with Crippen LogP contribution in [0.25, 0.3) is 28.2 Å². The molecule has 0 spiro atoms. The van der Waals surface area contributed by atoms with Crippen molar-refractivity contribution in [2.45, 2.75) is 77.0 Å². The Morgan fingerprint density at radius 1 is 1.05 bits per heavy atom. The Kier molecular flexibility index (Phi) is 5.54. The summed E-state index contributed by atoms with van der Waals surface area (Å²) in [5.41, 5.74) is 6.08. The van der Waals surface area contributed by atoms with E-state index in [-0.39, 0.29) is 18.2 Å². The third-order valence-electron chi connectivity index (χ3n) is 7.48. The fourth-order valence-corrected chi connectivity index (χ4v) is 5.84. The summed E-state index contributed by atoms with van der Waals surface area (Å²) >= 11 is 0. The molecule has 0 radical (unpaired) electrons. The highest BCUT2D eigenvalue weighted by Gasteiger charge is 2.45. The lowest BCUT2D eigenvalue weighted by atomic mass is 9.88. The van der Waals surface area contributed by atoms with Crippen LogP contribution in [-0.4, -0.2) is 58.0 Å². The molecule has 4 aromatic rings. The van der Waals surface area contributed by atoms with Crippen LogP contribution >= 0.6 is 0 Å². The van der Waals surface area contributed by atoms with E-state index in [9.17, 15) is 4.79 Å². The molecule has 6 rings (SSSR count). The van der Waals surface area contributed by atoms with Gasteiger partial charge < -0.3 is 9.64 Å². The van der Waals surface area contributed by atoms with Crippen molar-refractivity contribution in [3.05, 3.63) is 54.2 Å². The van der Waals surface area contributed by atoms with E-state index < -0.39 is 5.60 Å². The van der Waals surface area contributed by atoms with E-state index in [1.54, 1.807) is 4.68 Å². The Hall–Kier alpha value is -3.75. The van der Waals surface area contributed by atoms with E-state index in [1.165, 1.54) is 0 Å². The van der Waals surface area contributed by atoms with Crippen LogP contribution < -0.4 is 0 Å². The van der Waals surface area contributed by atoms with Crippen molar-refractivity contribution < 1.29 is 9.53 Å². The quantitative estimate of drug-likeness (QED) is 0.387. The molecule has 37 heavy (non-hydrogen) atoms. The van der Waals surface area contributed by atoms with E-state index >= 15 is 0 Å². The first kappa shape index (κ1) is 23.6. The minimum atomic E-state index is -0.486. The first-order valence-electron chi connectivity index (χ1n) is 13.0. The largest absolute Gasteiger partial charge is 0.444 e. The molecule has 0 saturated carbocycles. The van der Waals surface area contributed by atoms with Gasteiger partial charge in [0.1, 0.15) is 11.3 Å². The van der Waals surface area contributed by atoms with Crippen LogP contribution in [0.5, 0.6) is 0 Å². The predicted octanol–water partition coefficient (Wildman–Crippen LogP) is 5.15. The molecule has 2 bridgehead atoms. The molecule has 3 atom stereocenters. The number of aromatic nitrogens is 6. The van der Waals surface area contributed by atoms with Crippen LogP contribution in [0.3, 0.4) is 0 Å². The molecular weight excluding hydrogens is 466 g/mol. The Labute approximate surface area is 216 Å². The fourth-order valence-electron chi connectivity index (χ4n) is 5.84. The van der Waals surface area contributed by atoms with Gasteiger partial charge in [0.2, 0.25) is 0 Å². The Balaban J connectivity index is 1.28. The molecule has 0 aliphatic carbocycles. The molecule has 6 heterocycles. The number of carbonyl (C=O) groups excluding carboxylic acids is 1. The molecule has 9 heteroatoms. The van der Waals surface area contributed by atoms with Crippen LogP contribution in [0.1, 0.15) is 63.8 Å². The summed E-state index contributed by atoms with van der Waals surface area (Å²) in [6, 6.07) is 8.54. The predicted molar refractivity (Wildman–Crippen MR) is 140 cm³/mol. The lowest BCUT2D eigenvalue weighted by Crippen LogP contribution is -2.48. The normalized spacial score (nSPS) is 21.5. The maximum atomic E-state index is 12.9. The van der Waals surface area contributed by atoms with E-state index in [1.807, 2.05) is 68.0 Å². The summed E-state index contributed by atoms with van der Waals surface area (Å²) in [4.78, 5) is 24.7. The SMILES string of the molecule is Cc1cc(C2C[C@H]3CC[C@@H](C2)N3C(=O)OC(C)(C)C)nc2c(-c3ccc(-c4ccn(C)n4)nc3)cnn12. The number of aryl methyl sites for hydroxylation is 2. The van der Waals surface area contributed by atoms with Crippen LogP contribution in [0.4, 0.5) is 4.79 Å². The number of carbonyl (C=O) groups is 1. The smallest absolute Gasteiger partial charge is 0.410 e. The lowest BCUT2D eigenvalue weighted by molar-refractivity contribution is 0.00569. The molecule has 4 aromatic heterocycles. The summed E-state index contributed by atoms with van der Waals surface area (Å²) in [5, 5.41) is 9.06. The molecule has 0 N–H and O–H groups in total. The second-order valence-corrected chi connectivity index (χ2v) is 11.4. The van der Waals surface area contributed by atoms with Gasteiger partial charge in [0.25, 0.3) is 0 Å². The van der Waals surface area contributed by atoms with Gasteiger partial charge in [-0.1, -0.05) is 6.07 Å². The number of nitrogens with zero attached hydrogens (tertiary/aromatic N) is 7. The third kappa shape index (κ3) is 4.36.